The summed E-state index contributed by atoms with van der Waals surface area (Å²) in [6.07, 6.45) is 4.47. The van der Waals surface area contributed by atoms with Gasteiger partial charge in [0, 0.05) is 26.2 Å². The highest BCUT2D eigenvalue weighted by Crippen LogP contribution is 2.18. The van der Waals surface area contributed by atoms with E-state index >= 15 is 0 Å². The molecule has 0 unspecified atom stereocenters. The number of piperazine rings is 1. The molecule has 0 saturated carbocycles. The predicted octanol–water partition coefficient (Wildman–Crippen LogP) is 2.18. The maximum absolute atomic E-state index is 12.3. The molecule has 1 fully saturated rings. The van der Waals surface area contributed by atoms with E-state index in [1.54, 1.807) is 29.2 Å². The highest BCUT2D eigenvalue weighted by atomic mass is 32.2. The molecule has 1 aliphatic rings. The molecular weight excluding hydrogens is 368 g/mol. The number of aromatic nitrogens is 1. The van der Waals surface area contributed by atoms with Crippen LogP contribution in [0, 0.1) is 0 Å². The molecule has 1 amide bonds. The number of anilines is 2. The first kappa shape index (κ1) is 19.2. The van der Waals surface area contributed by atoms with Crippen LogP contribution < -0.4 is 9.62 Å². The van der Waals surface area contributed by atoms with Crippen LogP contribution >= 0.6 is 0 Å². The van der Waals surface area contributed by atoms with E-state index in [9.17, 15) is 13.2 Å². The quantitative estimate of drug-likeness (QED) is 0.776. The van der Waals surface area contributed by atoms with E-state index < -0.39 is 10.0 Å². The number of furan rings is 1. The first-order chi connectivity index (χ1) is 13.0. The Bertz CT molecular complexity index is 842. The van der Waals surface area contributed by atoms with Gasteiger partial charge in [-0.2, -0.15) is 0 Å². The predicted molar refractivity (Wildman–Crippen MR) is 103 cm³/mol. The number of nitrogens with zero attached hydrogens (tertiary/aromatic N) is 3. The molecule has 1 saturated heterocycles. The lowest BCUT2D eigenvalue weighted by Crippen LogP contribution is -2.49. The van der Waals surface area contributed by atoms with Crippen LogP contribution in [0.15, 0.2) is 41.1 Å². The Labute approximate surface area is 159 Å². The van der Waals surface area contributed by atoms with Gasteiger partial charge in [-0.1, -0.05) is 13.3 Å². The molecule has 9 heteroatoms. The van der Waals surface area contributed by atoms with E-state index in [1.165, 1.54) is 12.5 Å². The Kier molecular flexibility index (Phi) is 6.00. The zero-order valence-corrected chi connectivity index (χ0v) is 16.1. The SMILES string of the molecule is CCCCS(=O)(=O)Nc1ccc(N2CCN(C(=O)c3ccco3)CC2)nc1. The summed E-state index contributed by atoms with van der Waals surface area (Å²) in [5.74, 6) is 1.11. The molecule has 0 aromatic carbocycles. The van der Waals surface area contributed by atoms with Crippen molar-refractivity contribution in [1.82, 2.24) is 9.88 Å². The van der Waals surface area contributed by atoms with Gasteiger partial charge in [0.05, 0.1) is 23.9 Å². The number of hydrogen-bond acceptors (Lipinski definition) is 6. The van der Waals surface area contributed by atoms with Crippen molar-refractivity contribution in [1.29, 1.82) is 0 Å². The minimum absolute atomic E-state index is 0.107. The van der Waals surface area contributed by atoms with Crippen molar-refractivity contribution in [3.05, 3.63) is 42.5 Å². The van der Waals surface area contributed by atoms with Crippen molar-refractivity contribution < 1.29 is 17.6 Å². The summed E-state index contributed by atoms with van der Waals surface area (Å²) < 4.78 is 31.6. The summed E-state index contributed by atoms with van der Waals surface area (Å²) in [5, 5.41) is 0. The van der Waals surface area contributed by atoms with Gasteiger partial charge >= 0.3 is 0 Å². The molecule has 8 nitrogen and oxygen atoms in total. The molecule has 2 aromatic heterocycles. The van der Waals surface area contributed by atoms with Crippen molar-refractivity contribution in [2.24, 2.45) is 0 Å². The highest BCUT2D eigenvalue weighted by Gasteiger charge is 2.24. The van der Waals surface area contributed by atoms with Crippen LogP contribution in [-0.2, 0) is 10.0 Å². The third-order valence-corrected chi connectivity index (χ3v) is 5.78. The van der Waals surface area contributed by atoms with Gasteiger partial charge in [0.15, 0.2) is 5.76 Å². The molecule has 1 N–H and O–H groups in total. The van der Waals surface area contributed by atoms with Gasteiger partial charge in [-0.15, -0.1) is 0 Å². The Balaban J connectivity index is 1.55. The lowest BCUT2D eigenvalue weighted by Gasteiger charge is -2.35. The smallest absolute Gasteiger partial charge is 0.289 e. The van der Waals surface area contributed by atoms with E-state index in [0.717, 1.165) is 12.2 Å². The highest BCUT2D eigenvalue weighted by molar-refractivity contribution is 7.92. The topological polar surface area (TPSA) is 95.8 Å². The van der Waals surface area contributed by atoms with E-state index in [0.29, 0.717) is 44.0 Å². The molecule has 2 aromatic rings. The van der Waals surface area contributed by atoms with Gasteiger partial charge in [0.1, 0.15) is 5.82 Å². The first-order valence-electron chi connectivity index (χ1n) is 9.03. The summed E-state index contributed by atoms with van der Waals surface area (Å²) in [4.78, 5) is 20.5. The summed E-state index contributed by atoms with van der Waals surface area (Å²) in [6.45, 7) is 4.41. The molecular formula is C18H24N4O4S. The van der Waals surface area contributed by atoms with Gasteiger partial charge in [-0.25, -0.2) is 13.4 Å². The number of pyridine rings is 1. The average Bonchev–Trinajstić information content (AvgIpc) is 3.21. The molecule has 3 rings (SSSR count). The van der Waals surface area contributed by atoms with Crippen LogP contribution in [0.5, 0.6) is 0 Å². The average molecular weight is 392 g/mol. The van der Waals surface area contributed by atoms with Crippen molar-refractivity contribution in [2.75, 3.05) is 41.6 Å². The van der Waals surface area contributed by atoms with Crippen LogP contribution in [0.25, 0.3) is 0 Å². The number of rotatable bonds is 7. The molecule has 1 aliphatic heterocycles. The maximum atomic E-state index is 12.3. The number of sulfonamides is 1. The number of carbonyl (C=O) groups excluding carboxylic acids is 1. The monoisotopic (exact) mass is 392 g/mol. The van der Waals surface area contributed by atoms with Crippen LogP contribution in [0.2, 0.25) is 0 Å². The normalized spacial score (nSPS) is 15.0. The summed E-state index contributed by atoms with van der Waals surface area (Å²) in [7, 11) is -3.33. The van der Waals surface area contributed by atoms with Gasteiger partial charge < -0.3 is 14.2 Å². The fourth-order valence-corrected chi connectivity index (χ4v) is 4.14. The largest absolute Gasteiger partial charge is 0.459 e. The van der Waals surface area contributed by atoms with Crippen molar-refractivity contribution in [2.45, 2.75) is 19.8 Å². The van der Waals surface area contributed by atoms with Crippen LogP contribution in [-0.4, -0.2) is 56.1 Å². The van der Waals surface area contributed by atoms with Crippen LogP contribution in [0.4, 0.5) is 11.5 Å². The van der Waals surface area contributed by atoms with Crippen LogP contribution in [0.3, 0.4) is 0 Å². The van der Waals surface area contributed by atoms with Gasteiger partial charge in [-0.05, 0) is 30.7 Å². The van der Waals surface area contributed by atoms with Crippen molar-refractivity contribution in [3.63, 3.8) is 0 Å². The molecule has 0 radical (unpaired) electrons. The molecule has 0 atom stereocenters. The first-order valence-corrected chi connectivity index (χ1v) is 10.7. The molecule has 3 heterocycles. The van der Waals surface area contributed by atoms with E-state index in [-0.39, 0.29) is 11.7 Å². The number of hydrogen-bond donors (Lipinski definition) is 1. The molecule has 0 spiro atoms. The number of unbranched alkanes of at least 4 members (excludes halogenated alkanes) is 1. The zero-order valence-electron chi connectivity index (χ0n) is 15.3. The maximum Gasteiger partial charge on any atom is 0.289 e. The fourth-order valence-electron chi connectivity index (χ4n) is 2.89. The fraction of sp³-hybridized carbons (Fsp3) is 0.444. The Morgan fingerprint density at radius 1 is 1.22 bits per heavy atom. The molecule has 27 heavy (non-hydrogen) atoms. The van der Waals surface area contributed by atoms with E-state index in [1.807, 2.05) is 6.92 Å². The van der Waals surface area contributed by atoms with E-state index in [4.69, 9.17) is 4.42 Å². The minimum Gasteiger partial charge on any atom is -0.459 e. The van der Waals surface area contributed by atoms with Crippen LogP contribution in [0.1, 0.15) is 30.3 Å². The lowest BCUT2D eigenvalue weighted by molar-refractivity contribution is 0.0714. The standard InChI is InChI=1S/C18H24N4O4S/c1-2-3-13-27(24,25)20-15-6-7-17(19-14-15)21-8-10-22(11-9-21)18(23)16-5-4-12-26-16/h4-7,12,14,20H,2-3,8-11,13H2,1H3. The summed E-state index contributed by atoms with van der Waals surface area (Å²) in [6, 6.07) is 6.87. The second-order valence-electron chi connectivity index (χ2n) is 6.44. The minimum atomic E-state index is -3.33. The Hall–Kier alpha value is -2.55. The van der Waals surface area contributed by atoms with Crippen molar-refractivity contribution in [3.8, 4) is 0 Å². The number of amides is 1. The molecule has 146 valence electrons. The number of nitrogens with one attached hydrogen (secondary N) is 1. The second kappa shape index (κ2) is 8.43. The lowest BCUT2D eigenvalue weighted by atomic mass is 10.2. The van der Waals surface area contributed by atoms with Gasteiger partial charge in [0.2, 0.25) is 10.0 Å². The Morgan fingerprint density at radius 2 is 2.00 bits per heavy atom. The Morgan fingerprint density at radius 3 is 2.59 bits per heavy atom. The number of carbonyl (C=O) groups is 1. The van der Waals surface area contributed by atoms with Gasteiger partial charge in [0.25, 0.3) is 5.91 Å². The summed E-state index contributed by atoms with van der Waals surface area (Å²) >= 11 is 0. The van der Waals surface area contributed by atoms with Gasteiger partial charge in [-0.3, -0.25) is 9.52 Å². The van der Waals surface area contributed by atoms with Crippen molar-refractivity contribution >= 4 is 27.4 Å². The molecule has 0 bridgehead atoms. The second-order valence-corrected chi connectivity index (χ2v) is 8.28. The third-order valence-electron chi connectivity index (χ3n) is 4.41. The summed E-state index contributed by atoms with van der Waals surface area (Å²) in [5.41, 5.74) is 0.460. The molecule has 0 aliphatic carbocycles. The van der Waals surface area contributed by atoms with E-state index in [2.05, 4.69) is 14.6 Å². The third kappa shape index (κ3) is 5.00. The zero-order chi connectivity index (χ0) is 19.3.